The van der Waals surface area contributed by atoms with Gasteiger partial charge < -0.3 is 15.0 Å². The fourth-order valence-corrected chi connectivity index (χ4v) is 6.72. The highest BCUT2D eigenvalue weighted by molar-refractivity contribution is 7.92. The molecule has 3 aromatic carbocycles. The average Bonchev–Trinajstić information content (AvgIpc) is 3.01. The van der Waals surface area contributed by atoms with Crippen LogP contribution in [0.25, 0.3) is 0 Å². The van der Waals surface area contributed by atoms with Crippen LogP contribution in [0.1, 0.15) is 51.0 Å². The minimum absolute atomic E-state index is 0.0339. The minimum Gasteiger partial charge on any atom is -0.497 e. The highest BCUT2D eigenvalue weighted by Crippen LogP contribution is 2.27. The Morgan fingerprint density at radius 2 is 1.60 bits per heavy atom. The molecular formula is C32H38FN3O5S. The Bertz CT molecular complexity index is 1440. The number of methoxy groups -OCH3 is 1. The number of halogens is 1. The van der Waals surface area contributed by atoms with Gasteiger partial charge in [-0.25, -0.2) is 12.8 Å². The lowest BCUT2D eigenvalue weighted by molar-refractivity contribution is -0.140. The van der Waals surface area contributed by atoms with E-state index in [1.165, 1.54) is 35.2 Å². The molecule has 1 aliphatic rings. The maximum atomic E-state index is 15.1. The lowest BCUT2D eigenvalue weighted by atomic mass is 9.95. The van der Waals surface area contributed by atoms with E-state index in [9.17, 15) is 18.0 Å². The summed E-state index contributed by atoms with van der Waals surface area (Å²) in [6, 6.07) is 19.3. The molecule has 224 valence electrons. The van der Waals surface area contributed by atoms with Crippen LogP contribution in [0.4, 0.5) is 10.1 Å². The maximum absolute atomic E-state index is 15.1. The molecule has 1 atom stereocenters. The Morgan fingerprint density at radius 1 is 0.952 bits per heavy atom. The topological polar surface area (TPSA) is 96.0 Å². The van der Waals surface area contributed by atoms with Crippen LogP contribution in [-0.4, -0.2) is 50.9 Å². The molecule has 10 heteroatoms. The van der Waals surface area contributed by atoms with Gasteiger partial charge in [0, 0.05) is 12.6 Å². The zero-order chi connectivity index (χ0) is 30.1. The molecule has 4 rings (SSSR count). The van der Waals surface area contributed by atoms with Crippen molar-refractivity contribution < 1.29 is 27.1 Å². The Labute approximate surface area is 247 Å². The Hall–Kier alpha value is -3.92. The molecule has 0 aromatic heterocycles. The standard InChI is InChI=1S/C32H38FN3O5S/c1-3-29(32(38)34-25-12-6-4-7-13-25)35(22-24-18-20-26(41-2)21-19-24)31(37)23-36(30-17-11-10-16-28(30)33)42(39,40)27-14-8-5-9-15-27/h5,8-11,14-21,25,29H,3-4,6-7,12-13,22-23H2,1-2H3,(H,34,38). The van der Waals surface area contributed by atoms with E-state index in [-0.39, 0.29) is 29.1 Å². The highest BCUT2D eigenvalue weighted by atomic mass is 32.2. The van der Waals surface area contributed by atoms with Crippen molar-refractivity contribution in [3.63, 3.8) is 0 Å². The number of amides is 2. The molecule has 1 aliphatic carbocycles. The van der Waals surface area contributed by atoms with Crippen molar-refractivity contribution in [2.45, 2.75) is 69.0 Å². The summed E-state index contributed by atoms with van der Waals surface area (Å²) in [5.41, 5.74) is 0.482. The molecule has 0 heterocycles. The van der Waals surface area contributed by atoms with Crippen LogP contribution in [-0.2, 0) is 26.2 Å². The normalized spacial score (nSPS) is 14.5. The fraction of sp³-hybridized carbons (Fsp3) is 0.375. The molecule has 3 aromatic rings. The van der Waals surface area contributed by atoms with E-state index in [4.69, 9.17) is 4.74 Å². The van der Waals surface area contributed by atoms with Crippen LogP contribution in [0.3, 0.4) is 0 Å². The Balaban J connectivity index is 1.70. The van der Waals surface area contributed by atoms with Gasteiger partial charge in [-0.15, -0.1) is 0 Å². The summed E-state index contributed by atoms with van der Waals surface area (Å²) in [6.45, 7) is 1.17. The van der Waals surface area contributed by atoms with E-state index in [1.807, 2.05) is 6.92 Å². The molecule has 1 fully saturated rings. The van der Waals surface area contributed by atoms with E-state index in [0.717, 1.165) is 48.0 Å². The molecule has 0 bridgehead atoms. The minimum atomic E-state index is -4.33. The lowest BCUT2D eigenvalue weighted by Crippen LogP contribution is -2.54. The van der Waals surface area contributed by atoms with E-state index in [2.05, 4.69) is 5.32 Å². The zero-order valence-corrected chi connectivity index (χ0v) is 24.9. The van der Waals surface area contributed by atoms with Gasteiger partial charge in [-0.3, -0.25) is 13.9 Å². The second kappa shape index (κ2) is 14.3. The lowest BCUT2D eigenvalue weighted by Gasteiger charge is -2.34. The zero-order valence-electron chi connectivity index (χ0n) is 24.0. The average molecular weight is 596 g/mol. The SMILES string of the molecule is CCC(C(=O)NC1CCCCC1)N(Cc1ccc(OC)cc1)C(=O)CN(c1ccccc1F)S(=O)(=O)c1ccccc1. The van der Waals surface area contributed by atoms with Gasteiger partial charge in [0.15, 0.2) is 0 Å². The van der Waals surface area contributed by atoms with Crippen molar-refractivity contribution in [2.75, 3.05) is 18.0 Å². The molecule has 1 N–H and O–H groups in total. The first-order chi connectivity index (χ1) is 20.2. The fourth-order valence-electron chi connectivity index (χ4n) is 5.28. The number of carbonyl (C=O) groups is 2. The van der Waals surface area contributed by atoms with Crippen molar-refractivity contribution in [1.29, 1.82) is 0 Å². The molecule has 0 saturated heterocycles. The number of hydrogen-bond donors (Lipinski definition) is 1. The van der Waals surface area contributed by atoms with Gasteiger partial charge in [-0.05, 0) is 61.2 Å². The number of hydrogen-bond acceptors (Lipinski definition) is 5. The van der Waals surface area contributed by atoms with Crippen LogP contribution in [0.15, 0.2) is 83.8 Å². The third-order valence-electron chi connectivity index (χ3n) is 7.58. The summed E-state index contributed by atoms with van der Waals surface area (Å²) in [7, 11) is -2.78. The first kappa shape index (κ1) is 31.0. The summed E-state index contributed by atoms with van der Waals surface area (Å²) in [5.74, 6) is -1.05. The number of para-hydroxylation sites is 1. The summed E-state index contributed by atoms with van der Waals surface area (Å²) in [5, 5.41) is 3.11. The van der Waals surface area contributed by atoms with Crippen LogP contribution >= 0.6 is 0 Å². The number of nitrogens with one attached hydrogen (secondary N) is 1. The van der Waals surface area contributed by atoms with Gasteiger partial charge in [0.1, 0.15) is 24.2 Å². The molecular weight excluding hydrogens is 557 g/mol. The number of carbonyl (C=O) groups excluding carboxylic acids is 2. The van der Waals surface area contributed by atoms with E-state index in [1.54, 1.807) is 49.6 Å². The van der Waals surface area contributed by atoms with Crippen LogP contribution < -0.4 is 14.4 Å². The van der Waals surface area contributed by atoms with Gasteiger partial charge in [0.25, 0.3) is 10.0 Å². The molecule has 1 saturated carbocycles. The molecule has 0 spiro atoms. The van der Waals surface area contributed by atoms with Crippen molar-refractivity contribution in [3.05, 3.63) is 90.2 Å². The number of sulfonamides is 1. The molecule has 1 unspecified atom stereocenters. The Kier molecular flexibility index (Phi) is 10.6. The summed E-state index contributed by atoms with van der Waals surface area (Å²) >= 11 is 0. The molecule has 0 radical (unpaired) electrons. The summed E-state index contributed by atoms with van der Waals surface area (Å²) in [4.78, 5) is 29.0. The first-order valence-electron chi connectivity index (χ1n) is 14.3. The van der Waals surface area contributed by atoms with Crippen LogP contribution in [0.5, 0.6) is 5.75 Å². The van der Waals surface area contributed by atoms with Crippen molar-refractivity contribution in [2.24, 2.45) is 0 Å². The Morgan fingerprint density at radius 3 is 2.21 bits per heavy atom. The first-order valence-corrected chi connectivity index (χ1v) is 15.7. The maximum Gasteiger partial charge on any atom is 0.264 e. The molecule has 0 aliphatic heterocycles. The monoisotopic (exact) mass is 595 g/mol. The number of nitrogens with zero attached hydrogens (tertiary/aromatic N) is 2. The van der Waals surface area contributed by atoms with Crippen molar-refractivity contribution in [1.82, 2.24) is 10.2 Å². The molecule has 8 nitrogen and oxygen atoms in total. The quantitative estimate of drug-likeness (QED) is 0.307. The second-order valence-electron chi connectivity index (χ2n) is 10.4. The third kappa shape index (κ3) is 7.47. The van der Waals surface area contributed by atoms with Crippen LogP contribution in [0, 0.1) is 5.82 Å². The van der Waals surface area contributed by atoms with Crippen molar-refractivity contribution in [3.8, 4) is 5.75 Å². The number of anilines is 1. The van der Waals surface area contributed by atoms with Crippen molar-refractivity contribution >= 4 is 27.5 Å². The van der Waals surface area contributed by atoms with Gasteiger partial charge in [0.2, 0.25) is 11.8 Å². The predicted octanol–water partition coefficient (Wildman–Crippen LogP) is 5.29. The van der Waals surface area contributed by atoms with Crippen LogP contribution in [0.2, 0.25) is 0 Å². The van der Waals surface area contributed by atoms with Gasteiger partial charge in [-0.2, -0.15) is 0 Å². The molecule has 2 amide bonds. The smallest absolute Gasteiger partial charge is 0.264 e. The highest BCUT2D eigenvalue weighted by Gasteiger charge is 2.35. The number of rotatable bonds is 12. The second-order valence-corrected chi connectivity index (χ2v) is 12.3. The van der Waals surface area contributed by atoms with Gasteiger partial charge >= 0.3 is 0 Å². The number of ether oxygens (including phenoxy) is 1. The van der Waals surface area contributed by atoms with E-state index < -0.39 is 34.3 Å². The van der Waals surface area contributed by atoms with Gasteiger partial charge in [-0.1, -0.05) is 68.7 Å². The largest absolute Gasteiger partial charge is 0.497 e. The van der Waals surface area contributed by atoms with E-state index in [0.29, 0.717) is 12.2 Å². The summed E-state index contributed by atoms with van der Waals surface area (Å²) in [6.07, 6.45) is 5.27. The predicted molar refractivity (Wildman–Crippen MR) is 160 cm³/mol. The number of benzene rings is 3. The van der Waals surface area contributed by atoms with E-state index >= 15 is 4.39 Å². The van der Waals surface area contributed by atoms with Gasteiger partial charge in [0.05, 0.1) is 17.7 Å². The third-order valence-corrected chi connectivity index (χ3v) is 9.35. The molecule has 42 heavy (non-hydrogen) atoms. The summed E-state index contributed by atoms with van der Waals surface area (Å²) < 4.78 is 48.7.